The van der Waals surface area contributed by atoms with Gasteiger partial charge in [-0.3, -0.25) is 4.79 Å². The summed E-state index contributed by atoms with van der Waals surface area (Å²) < 4.78 is 22.0. The maximum Gasteiger partial charge on any atom is 0.298 e. The van der Waals surface area contributed by atoms with Crippen molar-refractivity contribution in [1.82, 2.24) is 10.3 Å². The number of amides is 1. The molecular formula is C23H27N3O5. The number of rotatable bonds is 7. The average molecular weight is 425 g/mol. The molecule has 3 aromatic rings. The lowest BCUT2D eigenvalue weighted by molar-refractivity contribution is -0.125. The van der Waals surface area contributed by atoms with Gasteiger partial charge in [0, 0.05) is 37.2 Å². The molecule has 1 aliphatic heterocycles. The molecule has 0 bridgehead atoms. The topological polar surface area (TPSA) is 86.1 Å². The van der Waals surface area contributed by atoms with Gasteiger partial charge in [0.25, 0.3) is 6.01 Å². The van der Waals surface area contributed by atoms with Crippen molar-refractivity contribution in [2.75, 3.05) is 39.3 Å². The summed E-state index contributed by atoms with van der Waals surface area (Å²) in [5.41, 5.74) is 2.46. The Morgan fingerprint density at radius 1 is 1.06 bits per heavy atom. The molecule has 0 spiro atoms. The highest BCUT2D eigenvalue weighted by Gasteiger charge is 2.27. The first-order valence-corrected chi connectivity index (χ1v) is 10.3. The molecule has 0 unspecified atom stereocenters. The van der Waals surface area contributed by atoms with Crippen LogP contribution in [-0.2, 0) is 11.3 Å². The maximum absolute atomic E-state index is 12.8. The molecule has 1 N–H and O–H groups in total. The molecular weight excluding hydrogens is 398 g/mol. The fourth-order valence-corrected chi connectivity index (χ4v) is 3.89. The first kappa shape index (κ1) is 20.8. The van der Waals surface area contributed by atoms with Crippen LogP contribution in [0.1, 0.15) is 18.4 Å². The van der Waals surface area contributed by atoms with Crippen molar-refractivity contribution in [2.45, 2.75) is 19.4 Å². The number of fused-ring (bicyclic) bond motifs is 1. The number of aromatic nitrogens is 1. The van der Waals surface area contributed by atoms with E-state index in [4.69, 9.17) is 18.6 Å². The number of para-hydroxylation sites is 2. The van der Waals surface area contributed by atoms with Crippen LogP contribution in [0.25, 0.3) is 11.1 Å². The monoisotopic (exact) mass is 425 g/mol. The van der Waals surface area contributed by atoms with E-state index in [1.54, 1.807) is 27.4 Å². The molecule has 1 amide bonds. The minimum Gasteiger partial charge on any atom is -0.496 e. The molecule has 8 nitrogen and oxygen atoms in total. The molecule has 164 valence electrons. The highest BCUT2D eigenvalue weighted by Crippen LogP contribution is 2.34. The van der Waals surface area contributed by atoms with E-state index in [2.05, 4.69) is 15.2 Å². The molecule has 2 aromatic carbocycles. The summed E-state index contributed by atoms with van der Waals surface area (Å²) >= 11 is 0. The van der Waals surface area contributed by atoms with Crippen molar-refractivity contribution in [3.8, 4) is 17.2 Å². The normalized spacial score (nSPS) is 14.5. The quantitative estimate of drug-likeness (QED) is 0.621. The highest BCUT2D eigenvalue weighted by molar-refractivity contribution is 5.79. The van der Waals surface area contributed by atoms with Crippen LogP contribution in [0.2, 0.25) is 0 Å². The fraction of sp³-hybridized carbons (Fsp3) is 0.391. The summed E-state index contributed by atoms with van der Waals surface area (Å²) in [6.07, 6.45) is 1.49. The Bertz CT molecular complexity index is 1020. The Morgan fingerprint density at radius 3 is 2.42 bits per heavy atom. The largest absolute Gasteiger partial charge is 0.496 e. The average Bonchev–Trinajstić information content (AvgIpc) is 3.26. The maximum atomic E-state index is 12.8. The molecule has 0 saturated carbocycles. The zero-order chi connectivity index (χ0) is 21.8. The molecule has 1 aromatic heterocycles. The van der Waals surface area contributed by atoms with E-state index in [9.17, 15) is 4.79 Å². The number of ether oxygens (including phenoxy) is 3. The molecule has 1 fully saturated rings. The first-order chi connectivity index (χ1) is 15.1. The summed E-state index contributed by atoms with van der Waals surface area (Å²) in [5, 5.41) is 3.04. The van der Waals surface area contributed by atoms with Crippen molar-refractivity contribution in [1.29, 1.82) is 0 Å². The number of anilines is 1. The van der Waals surface area contributed by atoms with Crippen LogP contribution in [0, 0.1) is 5.92 Å². The second-order valence-electron chi connectivity index (χ2n) is 7.46. The predicted molar refractivity (Wildman–Crippen MR) is 117 cm³/mol. The summed E-state index contributed by atoms with van der Waals surface area (Å²) in [6.45, 7) is 1.81. The van der Waals surface area contributed by atoms with Crippen molar-refractivity contribution < 1.29 is 23.4 Å². The van der Waals surface area contributed by atoms with E-state index < -0.39 is 0 Å². The van der Waals surface area contributed by atoms with E-state index in [1.807, 2.05) is 30.3 Å². The third-order valence-corrected chi connectivity index (χ3v) is 5.66. The summed E-state index contributed by atoms with van der Waals surface area (Å²) in [5.74, 6) is 1.81. The van der Waals surface area contributed by atoms with Gasteiger partial charge < -0.3 is 28.8 Å². The highest BCUT2D eigenvalue weighted by atomic mass is 16.5. The molecule has 1 saturated heterocycles. The van der Waals surface area contributed by atoms with E-state index in [0.29, 0.717) is 29.8 Å². The lowest BCUT2D eigenvalue weighted by Crippen LogP contribution is -2.40. The Kier molecular flexibility index (Phi) is 6.16. The smallest absolute Gasteiger partial charge is 0.298 e. The third kappa shape index (κ3) is 4.38. The van der Waals surface area contributed by atoms with E-state index >= 15 is 0 Å². The number of hydrogen-bond acceptors (Lipinski definition) is 7. The summed E-state index contributed by atoms with van der Waals surface area (Å²) in [4.78, 5) is 19.4. The van der Waals surface area contributed by atoms with Crippen LogP contribution >= 0.6 is 0 Å². The minimum atomic E-state index is -0.0493. The van der Waals surface area contributed by atoms with Crippen molar-refractivity contribution in [2.24, 2.45) is 5.92 Å². The zero-order valence-corrected chi connectivity index (χ0v) is 18.0. The van der Waals surface area contributed by atoms with Gasteiger partial charge in [-0.15, -0.1) is 0 Å². The molecule has 31 heavy (non-hydrogen) atoms. The summed E-state index contributed by atoms with van der Waals surface area (Å²) in [7, 11) is 4.75. The van der Waals surface area contributed by atoms with Gasteiger partial charge in [0.15, 0.2) is 17.1 Å². The number of hydrogen-bond donors (Lipinski definition) is 1. The molecule has 0 atom stereocenters. The number of nitrogens with zero attached hydrogens (tertiary/aromatic N) is 2. The number of oxazole rings is 1. The molecule has 8 heteroatoms. The number of carbonyl (C=O) groups is 1. The Balaban J connectivity index is 1.35. The van der Waals surface area contributed by atoms with E-state index in [-0.39, 0.29) is 11.8 Å². The second-order valence-corrected chi connectivity index (χ2v) is 7.46. The first-order valence-electron chi connectivity index (χ1n) is 10.3. The van der Waals surface area contributed by atoms with Gasteiger partial charge in [0.1, 0.15) is 11.3 Å². The summed E-state index contributed by atoms with van der Waals surface area (Å²) in [6, 6.07) is 11.9. The Labute approximate surface area is 181 Å². The van der Waals surface area contributed by atoms with Crippen LogP contribution in [0.5, 0.6) is 17.2 Å². The Hall–Kier alpha value is -3.42. The molecule has 4 rings (SSSR count). The molecule has 1 aliphatic rings. The predicted octanol–water partition coefficient (Wildman–Crippen LogP) is 3.39. The zero-order valence-electron chi connectivity index (χ0n) is 18.0. The molecule has 2 heterocycles. The van der Waals surface area contributed by atoms with Gasteiger partial charge >= 0.3 is 0 Å². The second kappa shape index (κ2) is 9.16. The lowest BCUT2D eigenvalue weighted by atomic mass is 9.96. The van der Waals surface area contributed by atoms with Crippen molar-refractivity contribution >= 4 is 23.0 Å². The number of methoxy groups -OCH3 is 3. The third-order valence-electron chi connectivity index (χ3n) is 5.66. The van der Waals surface area contributed by atoms with Crippen LogP contribution in [0.15, 0.2) is 40.8 Å². The van der Waals surface area contributed by atoms with Gasteiger partial charge in [-0.2, -0.15) is 4.98 Å². The van der Waals surface area contributed by atoms with Gasteiger partial charge in [-0.1, -0.05) is 12.1 Å². The fourth-order valence-electron chi connectivity index (χ4n) is 3.89. The number of piperidine rings is 1. The van der Waals surface area contributed by atoms with Crippen LogP contribution in [0.4, 0.5) is 6.01 Å². The van der Waals surface area contributed by atoms with E-state index in [1.165, 1.54) is 0 Å². The van der Waals surface area contributed by atoms with Gasteiger partial charge in [-0.05, 0) is 31.0 Å². The van der Waals surface area contributed by atoms with Crippen LogP contribution in [0.3, 0.4) is 0 Å². The van der Waals surface area contributed by atoms with E-state index in [0.717, 1.165) is 42.6 Å². The van der Waals surface area contributed by atoms with Gasteiger partial charge in [0.2, 0.25) is 5.91 Å². The number of nitrogens with one attached hydrogen (secondary N) is 1. The lowest BCUT2D eigenvalue weighted by Gasteiger charge is -2.30. The number of carbonyl (C=O) groups excluding carboxylic acids is 1. The molecule has 0 radical (unpaired) electrons. The molecule has 0 aliphatic carbocycles. The standard InChI is InChI=1S/C23H27N3O5/c1-28-19-13-21(30-3)20(29-2)12-16(19)14-24-22(27)15-8-10-26(11-9-15)23-25-17-6-4-5-7-18(17)31-23/h4-7,12-13,15H,8-11,14H2,1-3H3,(H,24,27). The number of benzene rings is 2. The SMILES string of the molecule is COc1cc(OC)c(OC)cc1CNC(=O)C1CCN(c2nc3ccccc3o2)CC1. The Morgan fingerprint density at radius 2 is 1.74 bits per heavy atom. The van der Waals surface area contributed by atoms with Crippen molar-refractivity contribution in [3.63, 3.8) is 0 Å². The van der Waals surface area contributed by atoms with Crippen molar-refractivity contribution in [3.05, 3.63) is 42.0 Å². The van der Waals surface area contributed by atoms with Crippen LogP contribution < -0.4 is 24.4 Å². The van der Waals surface area contributed by atoms with Gasteiger partial charge in [0.05, 0.1) is 21.3 Å². The van der Waals surface area contributed by atoms with Crippen LogP contribution in [-0.4, -0.2) is 45.3 Å². The minimum absolute atomic E-state index is 0.0362. The van der Waals surface area contributed by atoms with Gasteiger partial charge in [-0.25, -0.2) is 0 Å².